The molecule has 0 heterocycles. The molecule has 0 aliphatic carbocycles. The summed E-state index contributed by atoms with van der Waals surface area (Å²) in [4.78, 5) is 36.2. The van der Waals surface area contributed by atoms with Gasteiger partial charge in [-0.25, -0.2) is 4.79 Å². The number of rotatable bonds is 7. The summed E-state index contributed by atoms with van der Waals surface area (Å²) in [6, 6.07) is 13.5. The minimum atomic E-state index is -0.866. The maximum absolute atomic E-state index is 12.1. The lowest BCUT2D eigenvalue weighted by Crippen LogP contribution is -2.40. The molecule has 2 aromatic carbocycles. The van der Waals surface area contributed by atoms with Gasteiger partial charge in [0.15, 0.2) is 6.61 Å². The van der Waals surface area contributed by atoms with E-state index in [0.717, 1.165) is 23.2 Å². The predicted octanol–water partition coefficient (Wildman–Crippen LogP) is 2.86. The average Bonchev–Trinajstić information content (AvgIpc) is 2.68. The van der Waals surface area contributed by atoms with E-state index in [9.17, 15) is 14.4 Å². The van der Waals surface area contributed by atoms with Crippen LogP contribution < -0.4 is 10.6 Å². The van der Waals surface area contributed by atoms with Gasteiger partial charge in [0.1, 0.15) is 6.04 Å². The van der Waals surface area contributed by atoms with E-state index in [4.69, 9.17) is 4.74 Å². The molecule has 2 amide bonds. The Balaban J connectivity index is 1.86. The van der Waals surface area contributed by atoms with Crippen molar-refractivity contribution in [3.8, 4) is 0 Å². The number of amides is 2. The molecule has 0 saturated heterocycles. The number of aryl methyl sites for hydroxylation is 2. The summed E-state index contributed by atoms with van der Waals surface area (Å²) >= 11 is 0. The molecule has 2 aromatic rings. The Kier molecular flexibility index (Phi) is 7.11. The number of para-hydroxylation sites is 1. The van der Waals surface area contributed by atoms with Crippen molar-refractivity contribution in [2.24, 2.45) is 0 Å². The number of esters is 1. The van der Waals surface area contributed by atoms with Gasteiger partial charge in [0.05, 0.1) is 0 Å². The summed E-state index contributed by atoms with van der Waals surface area (Å²) < 4.78 is 5.02. The zero-order valence-corrected chi connectivity index (χ0v) is 15.7. The van der Waals surface area contributed by atoms with Crippen molar-refractivity contribution in [2.75, 3.05) is 11.9 Å². The van der Waals surface area contributed by atoms with Crippen molar-refractivity contribution in [3.63, 3.8) is 0 Å². The zero-order chi connectivity index (χ0) is 19.8. The molecule has 0 spiro atoms. The van der Waals surface area contributed by atoms with Crippen LogP contribution in [0.3, 0.4) is 0 Å². The van der Waals surface area contributed by atoms with Crippen LogP contribution in [0.2, 0.25) is 0 Å². The Labute approximate surface area is 158 Å². The fourth-order valence-electron chi connectivity index (χ4n) is 2.57. The second-order valence-electron chi connectivity index (χ2n) is 6.18. The van der Waals surface area contributed by atoms with Crippen LogP contribution in [-0.2, 0) is 20.7 Å². The molecule has 0 saturated carbocycles. The van der Waals surface area contributed by atoms with Gasteiger partial charge in [-0.3, -0.25) is 9.59 Å². The average molecular weight is 368 g/mol. The lowest BCUT2D eigenvalue weighted by atomic mass is 10.1. The monoisotopic (exact) mass is 368 g/mol. The van der Waals surface area contributed by atoms with Crippen LogP contribution in [0.15, 0.2) is 48.5 Å². The van der Waals surface area contributed by atoms with E-state index in [1.165, 1.54) is 6.92 Å². The third-order valence-corrected chi connectivity index (χ3v) is 4.09. The van der Waals surface area contributed by atoms with E-state index in [2.05, 4.69) is 10.6 Å². The van der Waals surface area contributed by atoms with E-state index in [1.807, 2.05) is 32.0 Å². The fourth-order valence-corrected chi connectivity index (χ4v) is 2.57. The van der Waals surface area contributed by atoms with Crippen molar-refractivity contribution in [1.82, 2.24) is 5.32 Å². The van der Waals surface area contributed by atoms with Gasteiger partial charge < -0.3 is 15.4 Å². The Hall–Kier alpha value is -3.15. The van der Waals surface area contributed by atoms with Gasteiger partial charge in [0.25, 0.3) is 11.8 Å². The first-order valence-electron chi connectivity index (χ1n) is 8.83. The molecule has 0 unspecified atom stereocenters. The van der Waals surface area contributed by atoms with Crippen molar-refractivity contribution in [3.05, 3.63) is 65.2 Å². The minimum Gasteiger partial charge on any atom is -0.454 e. The van der Waals surface area contributed by atoms with Gasteiger partial charge >= 0.3 is 5.97 Å². The first kappa shape index (κ1) is 20.2. The van der Waals surface area contributed by atoms with Crippen LogP contribution in [0.1, 0.15) is 35.3 Å². The SMILES string of the molecule is CCc1cccc(C)c1NC(=O)COC(=O)[C@H](C)NC(=O)c1ccccc1. The van der Waals surface area contributed by atoms with Gasteiger partial charge in [-0.15, -0.1) is 0 Å². The van der Waals surface area contributed by atoms with Crippen molar-refractivity contribution >= 4 is 23.5 Å². The summed E-state index contributed by atoms with van der Waals surface area (Å²) in [6.07, 6.45) is 0.777. The molecule has 2 N–H and O–H groups in total. The standard InChI is InChI=1S/C21H24N2O4/c1-4-16-12-8-9-14(2)19(16)23-18(24)13-27-21(26)15(3)22-20(25)17-10-6-5-7-11-17/h5-12,15H,4,13H2,1-3H3,(H,22,25)(H,23,24)/t15-/m0/s1. The molecule has 1 atom stereocenters. The Morgan fingerprint density at radius 2 is 1.74 bits per heavy atom. The molecule has 0 radical (unpaired) electrons. The normalized spacial score (nSPS) is 11.4. The number of benzene rings is 2. The molecule has 27 heavy (non-hydrogen) atoms. The summed E-state index contributed by atoms with van der Waals surface area (Å²) in [5, 5.41) is 5.34. The molecule has 0 fully saturated rings. The first-order chi connectivity index (χ1) is 12.9. The fraction of sp³-hybridized carbons (Fsp3) is 0.286. The number of ether oxygens (including phenoxy) is 1. The van der Waals surface area contributed by atoms with Gasteiger partial charge in [0, 0.05) is 11.3 Å². The molecule has 2 rings (SSSR count). The van der Waals surface area contributed by atoms with Crippen LogP contribution in [0, 0.1) is 6.92 Å². The molecule has 0 aliphatic rings. The smallest absolute Gasteiger partial charge is 0.328 e. The van der Waals surface area contributed by atoms with Gasteiger partial charge in [0.2, 0.25) is 0 Å². The molecule has 142 valence electrons. The summed E-state index contributed by atoms with van der Waals surface area (Å²) in [7, 11) is 0. The highest BCUT2D eigenvalue weighted by Crippen LogP contribution is 2.20. The first-order valence-corrected chi connectivity index (χ1v) is 8.83. The summed E-state index contributed by atoms with van der Waals surface area (Å²) in [5.74, 6) is -1.47. The van der Waals surface area contributed by atoms with Crippen molar-refractivity contribution < 1.29 is 19.1 Å². The van der Waals surface area contributed by atoms with Crippen LogP contribution in [0.25, 0.3) is 0 Å². The van der Waals surface area contributed by atoms with Crippen molar-refractivity contribution in [2.45, 2.75) is 33.2 Å². The molecule has 0 aromatic heterocycles. The Bertz CT molecular complexity index is 818. The maximum Gasteiger partial charge on any atom is 0.328 e. The Morgan fingerprint density at radius 3 is 2.41 bits per heavy atom. The molecular formula is C21H24N2O4. The lowest BCUT2D eigenvalue weighted by Gasteiger charge is -2.15. The number of hydrogen-bond donors (Lipinski definition) is 2. The van der Waals surface area contributed by atoms with Gasteiger partial charge in [-0.2, -0.15) is 0 Å². The number of anilines is 1. The zero-order valence-electron chi connectivity index (χ0n) is 15.7. The van der Waals surface area contributed by atoms with E-state index in [1.54, 1.807) is 30.3 Å². The molecule has 6 heteroatoms. The lowest BCUT2D eigenvalue weighted by molar-refractivity contribution is -0.148. The molecule has 0 aliphatic heterocycles. The van der Waals surface area contributed by atoms with Crippen molar-refractivity contribution in [1.29, 1.82) is 0 Å². The Morgan fingerprint density at radius 1 is 1.04 bits per heavy atom. The third kappa shape index (κ3) is 5.67. The minimum absolute atomic E-state index is 0.378. The highest BCUT2D eigenvalue weighted by molar-refractivity contribution is 5.97. The highest BCUT2D eigenvalue weighted by Gasteiger charge is 2.19. The number of nitrogens with one attached hydrogen (secondary N) is 2. The van der Waals surface area contributed by atoms with Crippen LogP contribution in [0.4, 0.5) is 5.69 Å². The van der Waals surface area contributed by atoms with E-state index < -0.39 is 24.5 Å². The molecular weight excluding hydrogens is 344 g/mol. The topological polar surface area (TPSA) is 84.5 Å². The predicted molar refractivity (Wildman–Crippen MR) is 104 cm³/mol. The third-order valence-electron chi connectivity index (χ3n) is 4.09. The second-order valence-corrected chi connectivity index (χ2v) is 6.18. The second kappa shape index (κ2) is 9.52. The van der Waals surface area contributed by atoms with E-state index >= 15 is 0 Å². The molecule has 0 bridgehead atoms. The quantitative estimate of drug-likeness (QED) is 0.736. The summed E-state index contributed by atoms with van der Waals surface area (Å²) in [6.45, 7) is 5.00. The highest BCUT2D eigenvalue weighted by atomic mass is 16.5. The number of hydrogen-bond acceptors (Lipinski definition) is 4. The van der Waals surface area contributed by atoms with Crippen LogP contribution in [-0.4, -0.2) is 30.4 Å². The van der Waals surface area contributed by atoms with Crippen LogP contribution >= 0.6 is 0 Å². The van der Waals surface area contributed by atoms with E-state index in [-0.39, 0.29) is 5.91 Å². The summed E-state index contributed by atoms with van der Waals surface area (Å²) in [5.41, 5.74) is 3.14. The van der Waals surface area contributed by atoms with Gasteiger partial charge in [-0.05, 0) is 43.5 Å². The van der Waals surface area contributed by atoms with Gasteiger partial charge in [-0.1, -0.05) is 43.3 Å². The molecule has 6 nitrogen and oxygen atoms in total. The van der Waals surface area contributed by atoms with Crippen LogP contribution in [0.5, 0.6) is 0 Å². The largest absolute Gasteiger partial charge is 0.454 e. The number of carbonyl (C=O) groups is 3. The van der Waals surface area contributed by atoms with E-state index in [0.29, 0.717) is 5.56 Å². The maximum atomic E-state index is 12.1. The number of carbonyl (C=O) groups excluding carboxylic acids is 3.